The maximum Gasteiger partial charge on any atom is 0.146 e. The Morgan fingerprint density at radius 1 is 1.10 bits per heavy atom. The van der Waals surface area contributed by atoms with E-state index in [1.165, 1.54) is 11.6 Å². The predicted molar refractivity (Wildman–Crippen MR) is 80.9 cm³/mol. The first kappa shape index (κ1) is 15.0. The number of nitrogens with one attached hydrogen (secondary N) is 1. The van der Waals surface area contributed by atoms with Crippen LogP contribution in [-0.4, -0.2) is 0 Å². The molecule has 2 rings (SSSR count). The summed E-state index contributed by atoms with van der Waals surface area (Å²) in [6.45, 7) is 0. The van der Waals surface area contributed by atoms with E-state index in [4.69, 9.17) is 17.4 Å². The van der Waals surface area contributed by atoms with Crippen LogP contribution in [0.3, 0.4) is 0 Å². The molecule has 0 spiro atoms. The third kappa shape index (κ3) is 3.79. The fourth-order valence-corrected chi connectivity index (χ4v) is 2.46. The quantitative estimate of drug-likeness (QED) is 0.624. The highest BCUT2D eigenvalue weighted by Gasteiger charge is 2.15. The first-order chi connectivity index (χ1) is 9.72. The summed E-state index contributed by atoms with van der Waals surface area (Å²) in [5.74, 6) is 5.15. The predicted octanol–water partition coefficient (Wildman–Crippen LogP) is 4.01. The second-order valence-electron chi connectivity index (χ2n) is 4.74. The Bertz CT molecular complexity index is 545. The van der Waals surface area contributed by atoms with Crippen LogP contribution >= 0.6 is 11.6 Å². The van der Waals surface area contributed by atoms with Crippen LogP contribution in [0.5, 0.6) is 0 Å². The van der Waals surface area contributed by atoms with Gasteiger partial charge in [-0.2, -0.15) is 0 Å². The van der Waals surface area contributed by atoms with E-state index < -0.39 is 5.82 Å². The minimum atomic E-state index is -0.392. The molecule has 0 saturated heterocycles. The van der Waals surface area contributed by atoms with Crippen LogP contribution in [0.1, 0.15) is 30.0 Å². The number of rotatable bonds is 6. The van der Waals surface area contributed by atoms with Crippen molar-refractivity contribution in [2.75, 3.05) is 0 Å². The Hall–Kier alpha value is -1.42. The summed E-state index contributed by atoms with van der Waals surface area (Å²) in [4.78, 5) is 0. The fourth-order valence-electron chi connectivity index (χ4n) is 2.27. The van der Waals surface area contributed by atoms with Gasteiger partial charge >= 0.3 is 0 Å². The van der Waals surface area contributed by atoms with Gasteiger partial charge in [0.2, 0.25) is 0 Å². The summed E-state index contributed by atoms with van der Waals surface area (Å²) in [6.07, 6.45) is 2.62. The van der Waals surface area contributed by atoms with Crippen LogP contribution in [0.15, 0.2) is 48.5 Å². The second-order valence-corrected chi connectivity index (χ2v) is 5.15. The zero-order chi connectivity index (χ0) is 14.4. The summed E-state index contributed by atoms with van der Waals surface area (Å²) in [5, 5.41) is 0.130. The number of hydrazine groups is 1. The number of hydrogen-bond acceptors (Lipinski definition) is 2. The molecule has 0 aromatic heterocycles. The maximum atomic E-state index is 14.0. The first-order valence-electron chi connectivity index (χ1n) is 6.66. The van der Waals surface area contributed by atoms with Crippen molar-refractivity contribution in [1.29, 1.82) is 0 Å². The van der Waals surface area contributed by atoms with Crippen molar-refractivity contribution in [3.8, 4) is 0 Å². The number of hydrogen-bond donors (Lipinski definition) is 2. The lowest BCUT2D eigenvalue weighted by molar-refractivity contribution is 0.472. The monoisotopic (exact) mass is 292 g/mol. The Morgan fingerprint density at radius 2 is 1.85 bits per heavy atom. The van der Waals surface area contributed by atoms with E-state index in [0.717, 1.165) is 19.3 Å². The molecule has 0 aliphatic rings. The lowest BCUT2D eigenvalue weighted by Crippen LogP contribution is -2.28. The molecule has 0 saturated carbocycles. The highest BCUT2D eigenvalue weighted by atomic mass is 35.5. The van der Waals surface area contributed by atoms with Gasteiger partial charge in [0.05, 0.1) is 5.02 Å². The molecule has 1 unspecified atom stereocenters. The smallest absolute Gasteiger partial charge is 0.146 e. The van der Waals surface area contributed by atoms with Gasteiger partial charge in [-0.25, -0.2) is 4.39 Å². The van der Waals surface area contributed by atoms with Gasteiger partial charge in [0.1, 0.15) is 5.82 Å². The van der Waals surface area contributed by atoms with Crippen molar-refractivity contribution in [3.05, 3.63) is 70.5 Å². The van der Waals surface area contributed by atoms with E-state index in [9.17, 15) is 4.39 Å². The van der Waals surface area contributed by atoms with E-state index >= 15 is 0 Å². The third-order valence-corrected chi connectivity index (χ3v) is 3.65. The lowest BCUT2D eigenvalue weighted by atomic mass is 9.99. The zero-order valence-corrected chi connectivity index (χ0v) is 11.9. The highest BCUT2D eigenvalue weighted by molar-refractivity contribution is 6.30. The Kier molecular flexibility index (Phi) is 5.53. The normalized spacial score (nSPS) is 12.3. The second kappa shape index (κ2) is 7.39. The van der Waals surface area contributed by atoms with E-state index in [-0.39, 0.29) is 11.1 Å². The fraction of sp³-hybridized carbons (Fsp3) is 0.250. The molecule has 3 N–H and O–H groups in total. The molecule has 0 aliphatic heterocycles. The molecular formula is C16H18ClFN2. The zero-order valence-electron chi connectivity index (χ0n) is 11.2. The number of aryl methyl sites for hydroxylation is 1. The standard InChI is InChI=1S/C16H18ClFN2/c17-14-10-5-9-13(16(14)18)15(20-19)11-4-8-12-6-2-1-3-7-12/h1-3,5-7,9-10,15,20H,4,8,11,19H2. The van der Waals surface area contributed by atoms with Gasteiger partial charge in [0.25, 0.3) is 0 Å². The largest absolute Gasteiger partial charge is 0.271 e. The van der Waals surface area contributed by atoms with Gasteiger partial charge in [0, 0.05) is 11.6 Å². The third-order valence-electron chi connectivity index (χ3n) is 3.36. The van der Waals surface area contributed by atoms with Gasteiger partial charge < -0.3 is 0 Å². The minimum Gasteiger partial charge on any atom is -0.271 e. The summed E-state index contributed by atoms with van der Waals surface area (Å²) in [5.41, 5.74) is 4.47. The molecule has 20 heavy (non-hydrogen) atoms. The number of halogens is 2. The number of nitrogens with two attached hydrogens (primary N) is 1. The molecule has 4 heteroatoms. The molecule has 0 bridgehead atoms. The van der Waals surface area contributed by atoms with Crippen LogP contribution in [0.2, 0.25) is 5.02 Å². The lowest BCUT2D eigenvalue weighted by Gasteiger charge is -2.17. The van der Waals surface area contributed by atoms with Crippen molar-refractivity contribution in [2.45, 2.75) is 25.3 Å². The van der Waals surface area contributed by atoms with E-state index in [0.29, 0.717) is 5.56 Å². The maximum absolute atomic E-state index is 14.0. The average Bonchev–Trinajstić information content (AvgIpc) is 2.48. The van der Waals surface area contributed by atoms with Gasteiger partial charge in [0.15, 0.2) is 0 Å². The van der Waals surface area contributed by atoms with Crippen molar-refractivity contribution in [3.63, 3.8) is 0 Å². The molecule has 0 radical (unpaired) electrons. The molecule has 1 atom stereocenters. The van der Waals surface area contributed by atoms with E-state index in [1.54, 1.807) is 12.1 Å². The Balaban J connectivity index is 1.97. The van der Waals surface area contributed by atoms with Crippen molar-refractivity contribution < 1.29 is 4.39 Å². The molecule has 0 aliphatic carbocycles. The van der Waals surface area contributed by atoms with Crippen LogP contribution in [0, 0.1) is 5.82 Å². The molecule has 2 aromatic rings. The van der Waals surface area contributed by atoms with Crippen LogP contribution in [-0.2, 0) is 6.42 Å². The van der Waals surface area contributed by atoms with Gasteiger partial charge in [-0.3, -0.25) is 11.3 Å². The molecule has 0 amide bonds. The van der Waals surface area contributed by atoms with Gasteiger partial charge in [-0.1, -0.05) is 54.1 Å². The van der Waals surface area contributed by atoms with Crippen LogP contribution < -0.4 is 11.3 Å². The van der Waals surface area contributed by atoms with Crippen molar-refractivity contribution >= 4 is 11.6 Å². The van der Waals surface area contributed by atoms with Crippen LogP contribution in [0.4, 0.5) is 4.39 Å². The minimum absolute atomic E-state index is 0.130. The summed E-state index contributed by atoms with van der Waals surface area (Å²) in [6, 6.07) is 15.0. The summed E-state index contributed by atoms with van der Waals surface area (Å²) in [7, 11) is 0. The SMILES string of the molecule is NNC(CCCc1ccccc1)c1cccc(Cl)c1F. The molecule has 106 valence electrons. The topological polar surface area (TPSA) is 38.0 Å². The van der Waals surface area contributed by atoms with Crippen LogP contribution in [0.25, 0.3) is 0 Å². The van der Waals surface area contributed by atoms with Gasteiger partial charge in [-0.05, 0) is 30.9 Å². The molecule has 2 aromatic carbocycles. The average molecular weight is 293 g/mol. The van der Waals surface area contributed by atoms with E-state index in [2.05, 4.69) is 17.6 Å². The van der Waals surface area contributed by atoms with Gasteiger partial charge in [-0.15, -0.1) is 0 Å². The Morgan fingerprint density at radius 3 is 2.55 bits per heavy atom. The molecular weight excluding hydrogens is 275 g/mol. The Labute approximate surface area is 123 Å². The molecule has 2 nitrogen and oxygen atoms in total. The van der Waals surface area contributed by atoms with Crippen molar-refractivity contribution in [2.24, 2.45) is 5.84 Å². The number of benzene rings is 2. The summed E-state index contributed by atoms with van der Waals surface area (Å²) >= 11 is 5.80. The first-order valence-corrected chi connectivity index (χ1v) is 7.04. The summed E-state index contributed by atoms with van der Waals surface area (Å²) < 4.78 is 14.0. The van der Waals surface area contributed by atoms with Crippen molar-refractivity contribution in [1.82, 2.24) is 5.43 Å². The molecule has 0 fully saturated rings. The molecule has 0 heterocycles. The van der Waals surface area contributed by atoms with E-state index in [1.807, 2.05) is 18.2 Å². The highest BCUT2D eigenvalue weighted by Crippen LogP contribution is 2.26.